The Bertz CT molecular complexity index is 361. The number of rotatable bonds is 3. The summed E-state index contributed by atoms with van der Waals surface area (Å²) in [5, 5.41) is 2.80. The fourth-order valence-electron chi connectivity index (χ4n) is 1.61. The fourth-order valence-corrected chi connectivity index (χ4v) is 1.61. The van der Waals surface area contributed by atoms with Gasteiger partial charge in [-0.05, 0) is 30.9 Å². The van der Waals surface area contributed by atoms with Gasteiger partial charge in [-0.25, -0.2) is 13.2 Å². The molecule has 1 fully saturated rings. The van der Waals surface area contributed by atoms with Crippen LogP contribution in [-0.4, -0.2) is 6.54 Å². The van der Waals surface area contributed by atoms with Crippen LogP contribution in [0.3, 0.4) is 0 Å². The van der Waals surface area contributed by atoms with Gasteiger partial charge in [0.2, 0.25) is 0 Å². The lowest BCUT2D eigenvalue weighted by Gasteiger charge is -2.25. The summed E-state index contributed by atoms with van der Waals surface area (Å²) in [6.45, 7) is 0.627. The molecule has 0 aliphatic heterocycles. The van der Waals surface area contributed by atoms with Crippen molar-refractivity contribution >= 4 is 5.69 Å². The average molecular weight is 215 g/mol. The third kappa shape index (κ3) is 2.08. The summed E-state index contributed by atoms with van der Waals surface area (Å²) in [4.78, 5) is 0. The lowest BCUT2D eigenvalue weighted by molar-refractivity contribution is 0.333. The van der Waals surface area contributed by atoms with E-state index in [2.05, 4.69) is 5.32 Å². The number of nitrogens with one attached hydrogen (secondary N) is 1. The van der Waals surface area contributed by atoms with Crippen molar-refractivity contribution in [1.29, 1.82) is 0 Å². The van der Waals surface area contributed by atoms with E-state index in [4.69, 9.17) is 0 Å². The topological polar surface area (TPSA) is 12.0 Å². The van der Waals surface area contributed by atoms with Crippen LogP contribution in [0.15, 0.2) is 12.1 Å². The quantitative estimate of drug-likeness (QED) is 0.763. The van der Waals surface area contributed by atoms with E-state index in [1.165, 1.54) is 12.5 Å². The molecule has 0 bridgehead atoms. The highest BCUT2D eigenvalue weighted by Crippen LogP contribution is 2.27. The Morgan fingerprint density at radius 1 is 1.13 bits per heavy atom. The molecule has 0 heterocycles. The van der Waals surface area contributed by atoms with E-state index in [9.17, 15) is 13.2 Å². The van der Waals surface area contributed by atoms with Crippen LogP contribution in [0.1, 0.15) is 19.3 Å². The second-order valence-corrected chi connectivity index (χ2v) is 3.90. The van der Waals surface area contributed by atoms with Gasteiger partial charge in [-0.1, -0.05) is 6.42 Å². The van der Waals surface area contributed by atoms with Gasteiger partial charge in [-0.2, -0.15) is 0 Å². The summed E-state index contributed by atoms with van der Waals surface area (Å²) < 4.78 is 38.6. The first-order valence-corrected chi connectivity index (χ1v) is 5.06. The van der Waals surface area contributed by atoms with Crippen LogP contribution in [-0.2, 0) is 0 Å². The molecule has 1 aromatic rings. The molecule has 15 heavy (non-hydrogen) atoms. The Kier molecular flexibility index (Phi) is 2.84. The Labute approximate surface area is 86.3 Å². The minimum Gasteiger partial charge on any atom is -0.382 e. The molecule has 1 aliphatic rings. The van der Waals surface area contributed by atoms with Crippen molar-refractivity contribution in [3.8, 4) is 0 Å². The first kappa shape index (κ1) is 10.3. The van der Waals surface area contributed by atoms with E-state index in [0.29, 0.717) is 12.5 Å². The number of hydrogen-bond acceptors (Lipinski definition) is 1. The maximum atomic E-state index is 13.2. The summed E-state index contributed by atoms with van der Waals surface area (Å²) in [5.74, 6) is -3.15. The highest BCUT2D eigenvalue weighted by Gasteiger charge is 2.18. The molecule has 2 rings (SSSR count). The zero-order valence-corrected chi connectivity index (χ0v) is 8.19. The summed E-state index contributed by atoms with van der Waals surface area (Å²) in [7, 11) is 0. The molecule has 0 saturated heterocycles. The van der Waals surface area contributed by atoms with E-state index < -0.39 is 17.5 Å². The largest absolute Gasteiger partial charge is 0.382 e. The van der Waals surface area contributed by atoms with Crippen molar-refractivity contribution < 1.29 is 13.2 Å². The van der Waals surface area contributed by atoms with Crippen LogP contribution in [0, 0.1) is 23.4 Å². The summed E-state index contributed by atoms with van der Waals surface area (Å²) in [6.07, 6.45) is 3.45. The first-order chi connectivity index (χ1) is 7.18. The maximum absolute atomic E-state index is 13.2. The highest BCUT2D eigenvalue weighted by atomic mass is 19.2. The Morgan fingerprint density at radius 2 is 1.87 bits per heavy atom. The molecule has 1 nitrogen and oxygen atoms in total. The average Bonchev–Trinajstić information content (AvgIpc) is 2.15. The predicted octanol–water partition coefficient (Wildman–Crippen LogP) is 3.32. The third-order valence-corrected chi connectivity index (χ3v) is 2.84. The molecule has 4 heteroatoms. The van der Waals surface area contributed by atoms with Crippen molar-refractivity contribution in [2.75, 3.05) is 11.9 Å². The zero-order chi connectivity index (χ0) is 10.8. The van der Waals surface area contributed by atoms with Gasteiger partial charge in [0.25, 0.3) is 0 Å². The molecular weight excluding hydrogens is 203 g/mol. The van der Waals surface area contributed by atoms with Crippen molar-refractivity contribution in [3.63, 3.8) is 0 Å². The molecule has 0 amide bonds. The molecule has 0 unspecified atom stereocenters. The molecule has 1 aromatic carbocycles. The van der Waals surface area contributed by atoms with E-state index in [1.54, 1.807) is 0 Å². The lowest BCUT2D eigenvalue weighted by atomic mass is 9.85. The van der Waals surface area contributed by atoms with Gasteiger partial charge in [-0.3, -0.25) is 0 Å². The smallest absolute Gasteiger partial charge is 0.196 e. The number of benzene rings is 1. The SMILES string of the molecule is Fc1ccc(NCC2CCC2)c(F)c1F. The fraction of sp³-hybridized carbons (Fsp3) is 0.455. The molecule has 0 radical (unpaired) electrons. The van der Waals surface area contributed by atoms with E-state index in [-0.39, 0.29) is 5.69 Å². The second-order valence-electron chi connectivity index (χ2n) is 3.90. The number of anilines is 1. The molecular formula is C11H12F3N. The van der Waals surface area contributed by atoms with Gasteiger partial charge in [0, 0.05) is 6.54 Å². The Balaban J connectivity index is 2.04. The summed E-state index contributed by atoms with van der Waals surface area (Å²) >= 11 is 0. The Hall–Kier alpha value is -1.19. The van der Waals surface area contributed by atoms with Crippen LogP contribution in [0.2, 0.25) is 0 Å². The number of hydrogen-bond donors (Lipinski definition) is 1. The van der Waals surface area contributed by atoms with Gasteiger partial charge < -0.3 is 5.32 Å². The van der Waals surface area contributed by atoms with Gasteiger partial charge >= 0.3 is 0 Å². The maximum Gasteiger partial charge on any atom is 0.196 e. The van der Waals surface area contributed by atoms with Gasteiger partial charge in [0.1, 0.15) is 0 Å². The van der Waals surface area contributed by atoms with Gasteiger partial charge in [0.15, 0.2) is 17.5 Å². The molecule has 82 valence electrons. The van der Waals surface area contributed by atoms with Crippen LogP contribution < -0.4 is 5.32 Å². The molecule has 1 aliphatic carbocycles. The predicted molar refractivity (Wildman–Crippen MR) is 52.1 cm³/mol. The normalized spacial score (nSPS) is 16.2. The highest BCUT2D eigenvalue weighted by molar-refractivity contribution is 5.45. The first-order valence-electron chi connectivity index (χ1n) is 5.06. The second kappa shape index (κ2) is 4.13. The molecule has 0 spiro atoms. The minimum atomic E-state index is -1.41. The van der Waals surface area contributed by atoms with E-state index >= 15 is 0 Å². The van der Waals surface area contributed by atoms with E-state index in [1.807, 2.05) is 0 Å². The Morgan fingerprint density at radius 3 is 2.47 bits per heavy atom. The van der Waals surface area contributed by atoms with Crippen LogP contribution in [0.5, 0.6) is 0 Å². The third-order valence-electron chi connectivity index (χ3n) is 2.84. The molecule has 1 N–H and O–H groups in total. The lowest BCUT2D eigenvalue weighted by Crippen LogP contribution is -2.21. The van der Waals surface area contributed by atoms with Crippen LogP contribution >= 0.6 is 0 Å². The van der Waals surface area contributed by atoms with E-state index in [0.717, 1.165) is 18.9 Å². The molecule has 0 aromatic heterocycles. The van der Waals surface area contributed by atoms with Gasteiger partial charge in [0.05, 0.1) is 5.69 Å². The standard InChI is InChI=1S/C11H12F3N/c12-8-4-5-9(11(14)10(8)13)15-6-7-2-1-3-7/h4-5,7,15H,1-3,6H2. The van der Waals surface area contributed by atoms with Crippen molar-refractivity contribution in [2.24, 2.45) is 5.92 Å². The van der Waals surface area contributed by atoms with Crippen molar-refractivity contribution in [3.05, 3.63) is 29.6 Å². The van der Waals surface area contributed by atoms with Gasteiger partial charge in [-0.15, -0.1) is 0 Å². The van der Waals surface area contributed by atoms with Crippen molar-refractivity contribution in [2.45, 2.75) is 19.3 Å². The molecule has 1 saturated carbocycles. The minimum absolute atomic E-state index is 0.0424. The van der Waals surface area contributed by atoms with Crippen molar-refractivity contribution in [1.82, 2.24) is 0 Å². The number of halogens is 3. The molecule has 0 atom stereocenters. The summed E-state index contributed by atoms with van der Waals surface area (Å²) in [6, 6.07) is 2.16. The van der Waals surface area contributed by atoms with Crippen LogP contribution in [0.4, 0.5) is 18.9 Å². The zero-order valence-electron chi connectivity index (χ0n) is 8.19. The summed E-state index contributed by atoms with van der Waals surface area (Å²) in [5.41, 5.74) is 0.0424. The monoisotopic (exact) mass is 215 g/mol. The van der Waals surface area contributed by atoms with Crippen LogP contribution in [0.25, 0.3) is 0 Å².